The molecule has 2 aromatic rings. The van der Waals surface area contributed by atoms with Gasteiger partial charge in [0, 0.05) is 0 Å². The maximum Gasteiger partial charge on any atom is 0.421 e. The summed E-state index contributed by atoms with van der Waals surface area (Å²) in [5.74, 6) is -0.0965. The Morgan fingerprint density at radius 3 is 3.18 bits per heavy atom. The van der Waals surface area contributed by atoms with Gasteiger partial charge in [-0.05, 0) is 0 Å². The highest BCUT2D eigenvalue weighted by atomic mass is 16.5. The van der Waals surface area contributed by atoms with Crippen LogP contribution in [-0.4, -0.2) is 32.2 Å². The van der Waals surface area contributed by atoms with Gasteiger partial charge in [-0.1, -0.05) is 12.7 Å². The number of anilines is 1. The molecule has 0 spiro atoms. The van der Waals surface area contributed by atoms with Crippen molar-refractivity contribution in [3.63, 3.8) is 0 Å². The average molecular weight is 235 g/mol. The lowest BCUT2D eigenvalue weighted by Gasteiger charge is -2.02. The number of hydrogen-bond donors (Lipinski definition) is 2. The predicted octanol–water partition coefficient (Wildman–Crippen LogP) is -0.128. The number of imidazole rings is 1. The standard InChI is InChI=1S/C9H9N5O3/c1-2-3-17-9(16)14-4-11-5-6(14)12-8(10)13-7(5)15/h2,4H,1,3H2,(H3,10,12,13,15). The second-order valence-corrected chi connectivity index (χ2v) is 3.10. The quantitative estimate of drug-likeness (QED) is 0.700. The Morgan fingerprint density at radius 1 is 1.71 bits per heavy atom. The molecule has 0 aliphatic rings. The lowest BCUT2D eigenvalue weighted by atomic mass is 10.5. The molecule has 0 aromatic carbocycles. The smallest absolute Gasteiger partial charge is 0.421 e. The molecule has 8 nitrogen and oxygen atoms in total. The molecule has 0 aliphatic heterocycles. The Bertz CT molecular complexity index is 642. The highest BCUT2D eigenvalue weighted by Gasteiger charge is 2.14. The SMILES string of the molecule is C=CCOC(=O)n1cnc2c(=O)[nH]c(N)nc21. The van der Waals surface area contributed by atoms with Gasteiger partial charge in [0.25, 0.3) is 5.56 Å². The van der Waals surface area contributed by atoms with Crippen LogP contribution in [0.15, 0.2) is 23.8 Å². The van der Waals surface area contributed by atoms with Gasteiger partial charge in [-0.25, -0.2) is 14.3 Å². The number of nitrogen functional groups attached to an aromatic ring is 1. The summed E-state index contributed by atoms with van der Waals surface area (Å²) in [5.41, 5.74) is 4.94. The summed E-state index contributed by atoms with van der Waals surface area (Å²) in [4.78, 5) is 32.9. The second-order valence-electron chi connectivity index (χ2n) is 3.10. The second kappa shape index (κ2) is 4.08. The van der Waals surface area contributed by atoms with Crippen LogP contribution in [0.5, 0.6) is 0 Å². The van der Waals surface area contributed by atoms with E-state index >= 15 is 0 Å². The molecular formula is C9H9N5O3. The first-order chi connectivity index (χ1) is 8.13. The molecule has 0 aliphatic carbocycles. The number of carbonyl (C=O) groups is 1. The number of fused-ring (bicyclic) bond motifs is 1. The topological polar surface area (TPSA) is 116 Å². The van der Waals surface area contributed by atoms with Gasteiger partial charge >= 0.3 is 6.09 Å². The fourth-order valence-electron chi connectivity index (χ4n) is 1.26. The van der Waals surface area contributed by atoms with E-state index in [9.17, 15) is 9.59 Å². The lowest BCUT2D eigenvalue weighted by molar-refractivity contribution is 0.161. The van der Waals surface area contributed by atoms with Gasteiger partial charge in [0.05, 0.1) is 0 Å². The molecule has 0 atom stereocenters. The van der Waals surface area contributed by atoms with Gasteiger partial charge in [-0.2, -0.15) is 4.98 Å². The molecule has 0 fully saturated rings. The molecule has 88 valence electrons. The first-order valence-corrected chi connectivity index (χ1v) is 4.64. The van der Waals surface area contributed by atoms with Crippen LogP contribution < -0.4 is 11.3 Å². The van der Waals surface area contributed by atoms with Crippen molar-refractivity contribution >= 4 is 23.2 Å². The Morgan fingerprint density at radius 2 is 2.47 bits per heavy atom. The molecule has 17 heavy (non-hydrogen) atoms. The Labute approximate surface area is 94.7 Å². The summed E-state index contributed by atoms with van der Waals surface area (Å²) in [6.45, 7) is 3.46. The fraction of sp³-hybridized carbons (Fsp3) is 0.111. The minimum atomic E-state index is -0.704. The summed E-state index contributed by atoms with van der Waals surface area (Å²) in [6.07, 6.45) is 1.87. The lowest BCUT2D eigenvalue weighted by Crippen LogP contribution is -2.16. The number of nitrogens with one attached hydrogen (secondary N) is 1. The summed E-state index contributed by atoms with van der Waals surface area (Å²) in [7, 11) is 0. The van der Waals surface area contributed by atoms with Crippen LogP contribution in [-0.2, 0) is 4.74 Å². The largest absolute Gasteiger partial charge is 0.445 e. The van der Waals surface area contributed by atoms with E-state index in [0.29, 0.717) is 0 Å². The summed E-state index contributed by atoms with van der Waals surface area (Å²) >= 11 is 0. The average Bonchev–Trinajstić information content (AvgIpc) is 2.69. The van der Waals surface area contributed by atoms with E-state index in [4.69, 9.17) is 10.5 Å². The predicted molar refractivity (Wildman–Crippen MR) is 59.5 cm³/mol. The Hall–Kier alpha value is -2.64. The van der Waals surface area contributed by atoms with Gasteiger partial charge in [0.2, 0.25) is 5.95 Å². The van der Waals surface area contributed by atoms with E-state index in [1.807, 2.05) is 0 Å². The number of carbonyl (C=O) groups excluding carboxylic acids is 1. The molecule has 0 radical (unpaired) electrons. The Kier molecular flexibility index (Phi) is 2.61. The molecule has 0 saturated carbocycles. The number of aromatic amines is 1. The van der Waals surface area contributed by atoms with Crippen LogP contribution >= 0.6 is 0 Å². The highest BCUT2D eigenvalue weighted by molar-refractivity contribution is 5.83. The molecule has 0 amide bonds. The number of rotatable bonds is 2. The van der Waals surface area contributed by atoms with Crippen molar-refractivity contribution in [3.8, 4) is 0 Å². The fourth-order valence-corrected chi connectivity index (χ4v) is 1.26. The van der Waals surface area contributed by atoms with E-state index < -0.39 is 11.7 Å². The molecule has 0 unspecified atom stereocenters. The van der Waals surface area contributed by atoms with Crippen molar-refractivity contribution in [1.82, 2.24) is 19.5 Å². The van der Waals surface area contributed by atoms with Crippen LogP contribution in [0.3, 0.4) is 0 Å². The molecule has 0 bridgehead atoms. The zero-order chi connectivity index (χ0) is 12.4. The van der Waals surface area contributed by atoms with Crippen LogP contribution in [0.25, 0.3) is 11.2 Å². The Balaban J connectivity index is 2.52. The molecular weight excluding hydrogens is 226 g/mol. The van der Waals surface area contributed by atoms with Crippen molar-refractivity contribution in [2.45, 2.75) is 0 Å². The molecule has 8 heteroatoms. The molecule has 2 heterocycles. The number of H-pyrrole nitrogens is 1. The third-order valence-corrected chi connectivity index (χ3v) is 1.95. The van der Waals surface area contributed by atoms with Crippen LogP contribution in [0.4, 0.5) is 10.7 Å². The van der Waals surface area contributed by atoms with Gasteiger partial charge < -0.3 is 10.5 Å². The van der Waals surface area contributed by atoms with E-state index in [1.165, 1.54) is 6.08 Å². The molecule has 2 aromatic heterocycles. The van der Waals surface area contributed by atoms with Crippen molar-refractivity contribution in [2.75, 3.05) is 12.3 Å². The van der Waals surface area contributed by atoms with E-state index in [1.54, 1.807) is 0 Å². The van der Waals surface area contributed by atoms with Gasteiger partial charge in [0.1, 0.15) is 12.9 Å². The van der Waals surface area contributed by atoms with Crippen LogP contribution in [0.1, 0.15) is 0 Å². The van der Waals surface area contributed by atoms with Crippen molar-refractivity contribution < 1.29 is 9.53 Å². The zero-order valence-corrected chi connectivity index (χ0v) is 8.71. The third kappa shape index (κ3) is 1.87. The minimum Gasteiger partial charge on any atom is -0.445 e. The van der Waals surface area contributed by atoms with E-state index in [2.05, 4.69) is 21.5 Å². The number of nitrogens with zero attached hydrogens (tertiary/aromatic N) is 3. The van der Waals surface area contributed by atoms with E-state index in [0.717, 1.165) is 10.9 Å². The maximum absolute atomic E-state index is 11.6. The molecule has 3 N–H and O–H groups in total. The van der Waals surface area contributed by atoms with Crippen molar-refractivity contribution in [1.29, 1.82) is 0 Å². The van der Waals surface area contributed by atoms with Crippen LogP contribution in [0, 0.1) is 0 Å². The van der Waals surface area contributed by atoms with Gasteiger partial charge in [-0.3, -0.25) is 9.78 Å². The first-order valence-electron chi connectivity index (χ1n) is 4.64. The number of ether oxygens (including phenoxy) is 1. The van der Waals surface area contributed by atoms with Gasteiger partial charge in [0.15, 0.2) is 11.2 Å². The zero-order valence-electron chi connectivity index (χ0n) is 8.71. The number of nitrogens with two attached hydrogens (primary N) is 1. The minimum absolute atomic E-state index is 0.0229. The summed E-state index contributed by atoms with van der Waals surface area (Å²) in [5, 5.41) is 0. The first kappa shape index (κ1) is 10.9. The third-order valence-electron chi connectivity index (χ3n) is 1.95. The monoisotopic (exact) mass is 235 g/mol. The number of hydrogen-bond acceptors (Lipinski definition) is 6. The van der Waals surface area contributed by atoms with Crippen molar-refractivity contribution in [3.05, 3.63) is 29.3 Å². The number of aromatic nitrogens is 4. The normalized spacial score (nSPS) is 10.4. The highest BCUT2D eigenvalue weighted by Crippen LogP contribution is 2.06. The molecule has 0 saturated heterocycles. The summed E-state index contributed by atoms with van der Waals surface area (Å²) < 4.78 is 5.80. The summed E-state index contributed by atoms with van der Waals surface area (Å²) in [6, 6.07) is 0. The van der Waals surface area contributed by atoms with E-state index in [-0.39, 0.29) is 23.7 Å². The van der Waals surface area contributed by atoms with Crippen LogP contribution in [0.2, 0.25) is 0 Å². The molecule has 2 rings (SSSR count). The maximum atomic E-state index is 11.6. The van der Waals surface area contributed by atoms with Gasteiger partial charge in [-0.15, -0.1) is 0 Å². The van der Waals surface area contributed by atoms with Crippen molar-refractivity contribution in [2.24, 2.45) is 0 Å².